The molecule has 0 bridgehead atoms. The summed E-state index contributed by atoms with van der Waals surface area (Å²) in [5.41, 5.74) is 3.27. The summed E-state index contributed by atoms with van der Waals surface area (Å²) in [6.45, 7) is 6.83. The normalized spacial score (nSPS) is 11.2. The number of ether oxygens (including phenoxy) is 1. The van der Waals surface area contributed by atoms with E-state index in [-0.39, 0.29) is 11.2 Å². The van der Waals surface area contributed by atoms with E-state index in [1.165, 1.54) is 0 Å². The average Bonchev–Trinajstić information content (AvgIpc) is 2.66. The molecule has 0 atom stereocenters. The minimum absolute atomic E-state index is 0.0141. The van der Waals surface area contributed by atoms with Crippen molar-refractivity contribution in [3.05, 3.63) is 101 Å². The number of hydrogen-bond donors (Lipinski definition) is 0. The smallest absolute Gasteiger partial charge is 0.196 e. The van der Waals surface area contributed by atoms with E-state index in [0.717, 1.165) is 11.1 Å². The quantitative estimate of drug-likeness (QED) is 0.547. The molecule has 3 aromatic carbocycles. The Bertz CT molecular complexity index is 875. The molecule has 0 radical (unpaired) electrons. The molecule has 3 rings (SSSR count). The molecule has 26 heavy (non-hydrogen) atoms. The number of rotatable bonds is 5. The van der Waals surface area contributed by atoms with E-state index in [9.17, 15) is 4.79 Å². The first-order valence-corrected chi connectivity index (χ1v) is 8.87. The van der Waals surface area contributed by atoms with Gasteiger partial charge in [-0.1, -0.05) is 93.6 Å². The molecule has 0 saturated carbocycles. The van der Waals surface area contributed by atoms with E-state index < -0.39 is 0 Å². The maximum Gasteiger partial charge on any atom is 0.196 e. The van der Waals surface area contributed by atoms with Gasteiger partial charge in [-0.05, 0) is 17.0 Å². The Morgan fingerprint density at radius 2 is 1.42 bits per heavy atom. The molecule has 0 saturated heterocycles. The summed E-state index contributed by atoms with van der Waals surface area (Å²) in [7, 11) is 0. The Hall–Kier alpha value is -2.87. The second kappa shape index (κ2) is 7.57. The first kappa shape index (κ1) is 17.9. The summed E-state index contributed by atoms with van der Waals surface area (Å²) in [6, 6.07) is 25.2. The summed E-state index contributed by atoms with van der Waals surface area (Å²) in [5, 5.41) is 0. The van der Waals surface area contributed by atoms with Crippen molar-refractivity contribution in [2.45, 2.75) is 32.8 Å². The average molecular weight is 344 g/mol. The van der Waals surface area contributed by atoms with Gasteiger partial charge in [0, 0.05) is 11.1 Å². The van der Waals surface area contributed by atoms with Gasteiger partial charge in [0.1, 0.15) is 12.4 Å². The molecule has 2 nitrogen and oxygen atoms in total. The highest BCUT2D eigenvalue weighted by molar-refractivity contribution is 6.11. The molecule has 0 aromatic heterocycles. The van der Waals surface area contributed by atoms with E-state index >= 15 is 0 Å². The lowest BCUT2D eigenvalue weighted by molar-refractivity contribution is 0.103. The molecular formula is C24H24O2. The van der Waals surface area contributed by atoms with Crippen molar-refractivity contribution in [2.24, 2.45) is 0 Å². The standard InChI is InChI=1S/C24H24O2/c1-24(2,3)21-16-10-15-20(22(25)19-13-8-5-9-14-19)23(21)26-17-18-11-6-4-7-12-18/h4-16H,17H2,1-3H3. The summed E-state index contributed by atoms with van der Waals surface area (Å²) in [5.74, 6) is 0.664. The predicted octanol–water partition coefficient (Wildman–Crippen LogP) is 5.79. The van der Waals surface area contributed by atoms with Crippen LogP contribution in [0.5, 0.6) is 5.75 Å². The summed E-state index contributed by atoms with van der Waals surface area (Å²) in [6.07, 6.45) is 0. The summed E-state index contributed by atoms with van der Waals surface area (Å²) >= 11 is 0. The molecule has 0 fully saturated rings. The fourth-order valence-corrected chi connectivity index (χ4v) is 2.94. The third kappa shape index (κ3) is 4.02. The molecular weight excluding hydrogens is 320 g/mol. The Balaban J connectivity index is 2.02. The number of para-hydroxylation sites is 1. The minimum Gasteiger partial charge on any atom is -0.488 e. The Labute approximate surface area is 155 Å². The third-order valence-corrected chi connectivity index (χ3v) is 4.33. The van der Waals surface area contributed by atoms with Crippen LogP contribution in [0, 0.1) is 0 Å². The molecule has 3 aromatic rings. The molecule has 0 heterocycles. The van der Waals surface area contributed by atoms with Gasteiger partial charge >= 0.3 is 0 Å². The number of benzene rings is 3. The number of hydrogen-bond acceptors (Lipinski definition) is 2. The van der Waals surface area contributed by atoms with Crippen molar-refractivity contribution in [1.82, 2.24) is 0 Å². The minimum atomic E-state index is -0.126. The van der Waals surface area contributed by atoms with E-state index in [0.29, 0.717) is 23.5 Å². The first-order chi connectivity index (χ1) is 12.5. The Morgan fingerprint density at radius 3 is 2.04 bits per heavy atom. The van der Waals surface area contributed by atoms with E-state index in [1.54, 1.807) is 0 Å². The van der Waals surface area contributed by atoms with Gasteiger partial charge in [-0.2, -0.15) is 0 Å². The fourth-order valence-electron chi connectivity index (χ4n) is 2.94. The monoisotopic (exact) mass is 344 g/mol. The van der Waals surface area contributed by atoms with Gasteiger partial charge in [0.25, 0.3) is 0 Å². The fraction of sp³-hybridized carbons (Fsp3) is 0.208. The van der Waals surface area contributed by atoms with Crippen LogP contribution in [0.1, 0.15) is 47.8 Å². The number of ketones is 1. The van der Waals surface area contributed by atoms with Gasteiger partial charge < -0.3 is 4.74 Å². The largest absolute Gasteiger partial charge is 0.488 e. The van der Waals surface area contributed by atoms with Gasteiger partial charge in [0.2, 0.25) is 0 Å². The van der Waals surface area contributed by atoms with Gasteiger partial charge in [-0.25, -0.2) is 0 Å². The lowest BCUT2D eigenvalue weighted by Gasteiger charge is -2.24. The van der Waals surface area contributed by atoms with Crippen LogP contribution in [0.3, 0.4) is 0 Å². The van der Waals surface area contributed by atoms with Crippen molar-refractivity contribution in [3.63, 3.8) is 0 Å². The second-order valence-corrected chi connectivity index (χ2v) is 7.40. The van der Waals surface area contributed by atoms with Gasteiger partial charge in [-0.15, -0.1) is 0 Å². The molecule has 0 aliphatic carbocycles. The van der Waals surface area contributed by atoms with Crippen molar-refractivity contribution in [1.29, 1.82) is 0 Å². The number of carbonyl (C=O) groups excluding carboxylic acids is 1. The maximum absolute atomic E-state index is 13.1. The SMILES string of the molecule is CC(C)(C)c1cccc(C(=O)c2ccccc2)c1OCc1ccccc1. The van der Waals surface area contributed by atoms with Crippen LogP contribution in [0.25, 0.3) is 0 Å². The van der Waals surface area contributed by atoms with Gasteiger partial charge in [0.15, 0.2) is 5.78 Å². The molecule has 0 aliphatic heterocycles. The zero-order valence-corrected chi connectivity index (χ0v) is 15.5. The zero-order valence-electron chi connectivity index (χ0n) is 15.5. The van der Waals surface area contributed by atoms with E-state index in [1.807, 2.05) is 78.9 Å². The van der Waals surface area contributed by atoms with Crippen LogP contribution in [0.4, 0.5) is 0 Å². The summed E-state index contributed by atoms with van der Waals surface area (Å²) < 4.78 is 6.20. The highest BCUT2D eigenvalue weighted by Gasteiger charge is 2.24. The van der Waals surface area contributed by atoms with Crippen molar-refractivity contribution in [2.75, 3.05) is 0 Å². The van der Waals surface area contributed by atoms with Gasteiger partial charge in [-0.3, -0.25) is 4.79 Å². The molecule has 132 valence electrons. The second-order valence-electron chi connectivity index (χ2n) is 7.40. The molecule has 0 N–H and O–H groups in total. The molecule has 2 heteroatoms. The zero-order chi connectivity index (χ0) is 18.6. The lowest BCUT2D eigenvalue weighted by atomic mass is 9.84. The predicted molar refractivity (Wildman–Crippen MR) is 106 cm³/mol. The van der Waals surface area contributed by atoms with Crippen LogP contribution in [0.15, 0.2) is 78.9 Å². The van der Waals surface area contributed by atoms with E-state index in [4.69, 9.17) is 4.74 Å². The van der Waals surface area contributed by atoms with Crippen LogP contribution < -0.4 is 4.74 Å². The Kier molecular flexibility index (Phi) is 5.22. The van der Waals surface area contributed by atoms with Crippen LogP contribution in [0.2, 0.25) is 0 Å². The molecule has 0 unspecified atom stereocenters. The van der Waals surface area contributed by atoms with Gasteiger partial charge in [0.05, 0.1) is 5.56 Å². The topological polar surface area (TPSA) is 26.3 Å². The van der Waals surface area contributed by atoms with Crippen LogP contribution in [-0.4, -0.2) is 5.78 Å². The van der Waals surface area contributed by atoms with Crippen LogP contribution in [-0.2, 0) is 12.0 Å². The molecule has 0 aliphatic rings. The Morgan fingerprint density at radius 1 is 0.808 bits per heavy atom. The van der Waals surface area contributed by atoms with Crippen molar-refractivity contribution in [3.8, 4) is 5.75 Å². The third-order valence-electron chi connectivity index (χ3n) is 4.33. The van der Waals surface area contributed by atoms with Crippen molar-refractivity contribution < 1.29 is 9.53 Å². The van der Waals surface area contributed by atoms with Crippen molar-refractivity contribution >= 4 is 5.78 Å². The van der Waals surface area contributed by atoms with Crippen LogP contribution >= 0.6 is 0 Å². The van der Waals surface area contributed by atoms with E-state index in [2.05, 4.69) is 20.8 Å². The molecule has 0 amide bonds. The maximum atomic E-state index is 13.1. The number of carbonyl (C=O) groups is 1. The highest BCUT2D eigenvalue weighted by Crippen LogP contribution is 2.35. The lowest BCUT2D eigenvalue weighted by Crippen LogP contribution is -2.16. The first-order valence-electron chi connectivity index (χ1n) is 8.87. The molecule has 0 spiro atoms. The highest BCUT2D eigenvalue weighted by atomic mass is 16.5. The summed E-state index contributed by atoms with van der Waals surface area (Å²) in [4.78, 5) is 13.1.